The SMILES string of the molecule is COC(=O)CCc1cc(-c2cc(Cl)cc(C(F)(F)F)c2)c[nH]1. The quantitative estimate of drug-likeness (QED) is 0.840. The second-order valence-electron chi connectivity index (χ2n) is 4.72. The van der Waals surface area contributed by atoms with Gasteiger partial charge in [-0.3, -0.25) is 4.79 Å². The summed E-state index contributed by atoms with van der Waals surface area (Å²) in [6, 6.07) is 5.08. The van der Waals surface area contributed by atoms with Crippen LogP contribution in [0.4, 0.5) is 13.2 Å². The molecule has 0 unspecified atom stereocenters. The monoisotopic (exact) mass is 331 g/mol. The van der Waals surface area contributed by atoms with Crippen LogP contribution in [0.2, 0.25) is 5.02 Å². The molecule has 1 aromatic heterocycles. The number of carbonyl (C=O) groups excluding carboxylic acids is 1. The van der Waals surface area contributed by atoms with Gasteiger partial charge in [-0.25, -0.2) is 0 Å². The average Bonchev–Trinajstić information content (AvgIpc) is 2.92. The third-order valence-electron chi connectivity index (χ3n) is 3.13. The fourth-order valence-corrected chi connectivity index (χ4v) is 2.25. The number of halogens is 4. The van der Waals surface area contributed by atoms with Crippen molar-refractivity contribution in [2.24, 2.45) is 0 Å². The zero-order valence-electron chi connectivity index (χ0n) is 11.6. The highest BCUT2D eigenvalue weighted by molar-refractivity contribution is 6.31. The maximum Gasteiger partial charge on any atom is 0.416 e. The molecule has 118 valence electrons. The minimum atomic E-state index is -4.45. The van der Waals surface area contributed by atoms with Crippen LogP contribution in [0, 0.1) is 0 Å². The van der Waals surface area contributed by atoms with Crippen LogP contribution in [0.1, 0.15) is 17.7 Å². The molecule has 0 saturated heterocycles. The van der Waals surface area contributed by atoms with Gasteiger partial charge in [-0.1, -0.05) is 11.6 Å². The Kier molecular flexibility index (Phi) is 4.81. The van der Waals surface area contributed by atoms with Crippen molar-refractivity contribution in [3.05, 3.63) is 46.7 Å². The number of ether oxygens (including phenoxy) is 1. The third-order valence-corrected chi connectivity index (χ3v) is 3.35. The number of aryl methyl sites for hydroxylation is 1. The number of H-pyrrole nitrogens is 1. The number of nitrogens with one attached hydrogen (secondary N) is 1. The predicted octanol–water partition coefficient (Wildman–Crippen LogP) is 4.46. The lowest BCUT2D eigenvalue weighted by molar-refractivity contribution is -0.140. The molecule has 2 aromatic rings. The van der Waals surface area contributed by atoms with Crippen LogP contribution in [0.25, 0.3) is 11.1 Å². The maximum absolute atomic E-state index is 12.8. The summed E-state index contributed by atoms with van der Waals surface area (Å²) in [7, 11) is 1.30. The van der Waals surface area contributed by atoms with E-state index in [1.807, 2.05) is 0 Å². The highest BCUT2D eigenvalue weighted by Crippen LogP contribution is 2.35. The smallest absolute Gasteiger partial charge is 0.416 e. The fraction of sp³-hybridized carbons (Fsp3) is 0.267. The van der Waals surface area contributed by atoms with E-state index in [1.165, 1.54) is 13.2 Å². The van der Waals surface area contributed by atoms with E-state index in [0.29, 0.717) is 17.5 Å². The number of aromatic nitrogens is 1. The lowest BCUT2D eigenvalue weighted by Gasteiger charge is -2.09. The first kappa shape index (κ1) is 16.4. The van der Waals surface area contributed by atoms with Gasteiger partial charge in [-0.15, -0.1) is 0 Å². The van der Waals surface area contributed by atoms with Gasteiger partial charge in [0.05, 0.1) is 19.1 Å². The Morgan fingerprint density at radius 2 is 1.95 bits per heavy atom. The van der Waals surface area contributed by atoms with Crippen molar-refractivity contribution in [1.82, 2.24) is 4.98 Å². The highest BCUT2D eigenvalue weighted by Gasteiger charge is 2.31. The van der Waals surface area contributed by atoms with Crippen molar-refractivity contribution in [3.63, 3.8) is 0 Å². The first-order valence-electron chi connectivity index (χ1n) is 6.42. The molecule has 22 heavy (non-hydrogen) atoms. The molecule has 0 fully saturated rings. The van der Waals surface area contributed by atoms with Gasteiger partial charge < -0.3 is 9.72 Å². The summed E-state index contributed by atoms with van der Waals surface area (Å²) in [5.41, 5.74) is 0.870. The van der Waals surface area contributed by atoms with Gasteiger partial charge in [-0.2, -0.15) is 13.2 Å². The van der Waals surface area contributed by atoms with Crippen LogP contribution in [0.3, 0.4) is 0 Å². The van der Waals surface area contributed by atoms with Crippen molar-refractivity contribution >= 4 is 17.6 Å². The summed E-state index contributed by atoms with van der Waals surface area (Å²) in [4.78, 5) is 14.0. The Morgan fingerprint density at radius 3 is 2.59 bits per heavy atom. The Bertz CT molecular complexity index is 680. The molecule has 7 heteroatoms. The zero-order valence-corrected chi connectivity index (χ0v) is 12.4. The first-order chi connectivity index (χ1) is 10.3. The predicted molar refractivity (Wildman–Crippen MR) is 76.6 cm³/mol. The minimum absolute atomic E-state index is 0.0159. The zero-order chi connectivity index (χ0) is 16.3. The molecule has 0 saturated carbocycles. The fourth-order valence-electron chi connectivity index (χ4n) is 2.01. The van der Waals surface area contributed by atoms with E-state index in [-0.39, 0.29) is 17.4 Å². The molecule has 0 aliphatic rings. The number of hydrogen-bond donors (Lipinski definition) is 1. The standard InChI is InChI=1S/C15H13ClF3NO2/c1-22-14(21)3-2-13-6-10(8-20-13)9-4-11(15(17,18)19)7-12(16)5-9/h4-8,20H,2-3H2,1H3. The molecule has 3 nitrogen and oxygen atoms in total. The number of hydrogen-bond acceptors (Lipinski definition) is 2. The van der Waals surface area contributed by atoms with Crippen LogP contribution in [-0.2, 0) is 22.1 Å². The first-order valence-corrected chi connectivity index (χ1v) is 6.79. The van der Waals surface area contributed by atoms with Crippen LogP contribution in [0.5, 0.6) is 0 Å². The van der Waals surface area contributed by atoms with Gasteiger partial charge in [0.25, 0.3) is 0 Å². The van der Waals surface area contributed by atoms with Crippen LogP contribution in [0.15, 0.2) is 30.5 Å². The second-order valence-corrected chi connectivity index (χ2v) is 5.15. The number of alkyl halides is 3. The Hall–Kier alpha value is -1.95. The molecular weight excluding hydrogens is 319 g/mol. The highest BCUT2D eigenvalue weighted by atomic mass is 35.5. The van der Waals surface area contributed by atoms with E-state index < -0.39 is 11.7 Å². The van der Waals surface area contributed by atoms with E-state index >= 15 is 0 Å². The van der Waals surface area contributed by atoms with Gasteiger partial charge >= 0.3 is 12.1 Å². The summed E-state index contributed by atoms with van der Waals surface area (Å²) < 4.78 is 42.9. The van der Waals surface area contributed by atoms with Crippen molar-refractivity contribution in [2.75, 3.05) is 7.11 Å². The summed E-state index contributed by atoms with van der Waals surface area (Å²) in [5.74, 6) is -0.349. The normalized spacial score (nSPS) is 11.5. The van der Waals surface area contributed by atoms with Gasteiger partial charge in [0.15, 0.2) is 0 Å². The molecule has 2 rings (SSSR count). The number of aromatic amines is 1. The summed E-state index contributed by atoms with van der Waals surface area (Å²) in [6.45, 7) is 0. The van der Waals surface area contributed by atoms with Gasteiger partial charge in [0, 0.05) is 16.9 Å². The largest absolute Gasteiger partial charge is 0.469 e. The third kappa shape index (κ3) is 4.04. The molecule has 0 aliphatic heterocycles. The number of esters is 1. The Balaban J connectivity index is 2.24. The van der Waals surface area contributed by atoms with E-state index in [2.05, 4.69) is 9.72 Å². The maximum atomic E-state index is 12.8. The van der Waals surface area contributed by atoms with Crippen LogP contribution in [-0.4, -0.2) is 18.1 Å². The van der Waals surface area contributed by atoms with Crippen LogP contribution < -0.4 is 0 Å². The molecular formula is C15H13ClF3NO2. The number of rotatable bonds is 4. The number of carbonyl (C=O) groups is 1. The van der Waals surface area contributed by atoms with Crippen molar-refractivity contribution in [3.8, 4) is 11.1 Å². The molecule has 1 N–H and O–H groups in total. The van der Waals surface area contributed by atoms with Gasteiger partial charge in [-0.05, 0) is 41.8 Å². The molecule has 0 spiro atoms. The molecule has 0 bridgehead atoms. The van der Waals surface area contributed by atoms with E-state index in [9.17, 15) is 18.0 Å². The van der Waals surface area contributed by atoms with Gasteiger partial charge in [0.2, 0.25) is 0 Å². The van der Waals surface area contributed by atoms with Crippen molar-refractivity contribution in [2.45, 2.75) is 19.0 Å². The van der Waals surface area contributed by atoms with E-state index in [4.69, 9.17) is 11.6 Å². The minimum Gasteiger partial charge on any atom is -0.469 e. The topological polar surface area (TPSA) is 42.1 Å². The second kappa shape index (κ2) is 6.44. The Labute approximate surface area is 130 Å². The summed E-state index contributed by atoms with van der Waals surface area (Å²) in [5, 5.41) is 0.0159. The average molecular weight is 332 g/mol. The molecule has 1 heterocycles. The summed E-state index contributed by atoms with van der Waals surface area (Å²) in [6.07, 6.45) is -2.26. The van der Waals surface area contributed by atoms with Crippen molar-refractivity contribution < 1.29 is 22.7 Å². The van der Waals surface area contributed by atoms with E-state index in [1.54, 1.807) is 12.3 Å². The molecule has 0 atom stereocenters. The van der Waals surface area contributed by atoms with Gasteiger partial charge in [0.1, 0.15) is 0 Å². The van der Waals surface area contributed by atoms with Crippen molar-refractivity contribution in [1.29, 1.82) is 0 Å². The lowest BCUT2D eigenvalue weighted by Crippen LogP contribution is -2.04. The number of benzene rings is 1. The number of methoxy groups -OCH3 is 1. The molecule has 0 radical (unpaired) electrons. The molecule has 0 amide bonds. The Morgan fingerprint density at radius 1 is 1.23 bits per heavy atom. The van der Waals surface area contributed by atoms with E-state index in [0.717, 1.165) is 17.8 Å². The van der Waals surface area contributed by atoms with Crippen LogP contribution >= 0.6 is 11.6 Å². The molecule has 1 aromatic carbocycles. The lowest BCUT2D eigenvalue weighted by atomic mass is 10.0. The molecule has 0 aliphatic carbocycles. The summed E-state index contributed by atoms with van der Waals surface area (Å²) >= 11 is 5.76.